The third kappa shape index (κ3) is 2.96. The molecule has 126 valence electrons. The number of rotatable bonds is 4. The molecule has 0 aromatic heterocycles. The summed E-state index contributed by atoms with van der Waals surface area (Å²) in [5.74, 6) is -1.44. The van der Waals surface area contributed by atoms with Gasteiger partial charge in [-0.1, -0.05) is 6.07 Å². The largest absolute Gasteiger partial charge is 0.487 e. The molecule has 0 atom stereocenters. The second-order valence-corrected chi connectivity index (χ2v) is 4.99. The van der Waals surface area contributed by atoms with Crippen molar-refractivity contribution in [2.24, 2.45) is 0 Å². The van der Waals surface area contributed by atoms with E-state index in [1.54, 1.807) is 6.92 Å². The van der Waals surface area contributed by atoms with E-state index < -0.39 is 22.8 Å². The van der Waals surface area contributed by atoms with Crippen LogP contribution in [0.3, 0.4) is 0 Å². The van der Waals surface area contributed by atoms with Gasteiger partial charge in [-0.25, -0.2) is 4.79 Å². The van der Waals surface area contributed by atoms with E-state index in [2.05, 4.69) is 0 Å². The lowest BCUT2D eigenvalue weighted by atomic mass is 10.1. The molecule has 2 rings (SSSR count). The molecular weight excluding hydrogens is 318 g/mol. The number of urea groups is 1. The van der Waals surface area contributed by atoms with Crippen LogP contribution in [0.4, 0.5) is 10.5 Å². The third-order valence-electron chi connectivity index (χ3n) is 3.43. The van der Waals surface area contributed by atoms with Crippen molar-refractivity contribution in [2.75, 3.05) is 20.7 Å². The molecule has 0 radical (unpaired) electrons. The Balaban J connectivity index is 2.48. The summed E-state index contributed by atoms with van der Waals surface area (Å²) in [6.45, 7) is 1.96. The average molecular weight is 333 g/mol. The molecule has 24 heavy (non-hydrogen) atoms. The quantitative estimate of drug-likeness (QED) is 0.357. The number of amides is 4. The number of nitro groups is 1. The molecule has 0 saturated carbocycles. The minimum Gasteiger partial charge on any atom is -0.487 e. The molecule has 1 aliphatic heterocycles. The first-order chi connectivity index (χ1) is 11.3. The molecule has 0 aliphatic carbocycles. The van der Waals surface area contributed by atoms with Gasteiger partial charge in [0.25, 0.3) is 11.8 Å². The Kier molecular flexibility index (Phi) is 4.63. The number of likely N-dealkylation sites (N-methyl/N-ethyl adjacent to an activating group) is 2. The van der Waals surface area contributed by atoms with Crippen LogP contribution in [0.1, 0.15) is 12.5 Å². The van der Waals surface area contributed by atoms with Crippen LogP contribution in [0.25, 0.3) is 6.08 Å². The molecule has 1 aliphatic rings. The highest BCUT2D eigenvalue weighted by molar-refractivity contribution is 6.30. The minimum atomic E-state index is -0.764. The van der Waals surface area contributed by atoms with Gasteiger partial charge in [-0.05, 0) is 24.6 Å². The second-order valence-electron chi connectivity index (χ2n) is 4.99. The zero-order valence-electron chi connectivity index (χ0n) is 13.3. The maximum atomic E-state index is 12.1. The number of carbonyl (C=O) groups excluding carboxylic acids is 3. The van der Waals surface area contributed by atoms with Crippen LogP contribution >= 0.6 is 0 Å². The maximum Gasteiger partial charge on any atom is 0.333 e. The first-order valence-electron chi connectivity index (χ1n) is 7.01. The molecule has 0 N–H and O–H groups in total. The van der Waals surface area contributed by atoms with Crippen molar-refractivity contribution in [3.8, 4) is 5.75 Å². The van der Waals surface area contributed by atoms with Gasteiger partial charge in [-0.2, -0.15) is 0 Å². The van der Waals surface area contributed by atoms with E-state index >= 15 is 0 Å². The van der Waals surface area contributed by atoms with Crippen molar-refractivity contribution in [1.82, 2.24) is 9.80 Å². The maximum absolute atomic E-state index is 12.1. The van der Waals surface area contributed by atoms with Crippen LogP contribution in [0.15, 0.2) is 23.8 Å². The summed E-state index contributed by atoms with van der Waals surface area (Å²) >= 11 is 0. The number of benzene rings is 1. The summed E-state index contributed by atoms with van der Waals surface area (Å²) in [6.07, 6.45) is 1.22. The van der Waals surface area contributed by atoms with Crippen LogP contribution in [0, 0.1) is 10.1 Å². The molecule has 0 unspecified atom stereocenters. The summed E-state index contributed by atoms with van der Waals surface area (Å²) in [5.41, 5.74) is -0.254. The fraction of sp³-hybridized carbons (Fsp3) is 0.267. The van der Waals surface area contributed by atoms with Crippen LogP contribution in [0.5, 0.6) is 5.75 Å². The van der Waals surface area contributed by atoms with E-state index in [1.807, 2.05) is 0 Å². The van der Waals surface area contributed by atoms with E-state index in [0.717, 1.165) is 9.80 Å². The monoisotopic (exact) mass is 333 g/mol. The van der Waals surface area contributed by atoms with E-state index in [4.69, 9.17) is 4.74 Å². The zero-order chi connectivity index (χ0) is 18.0. The Labute approximate surface area is 137 Å². The smallest absolute Gasteiger partial charge is 0.333 e. The Hall–Kier alpha value is -3.23. The molecule has 1 fully saturated rings. The number of barbiturate groups is 1. The molecule has 1 saturated heterocycles. The number of nitro benzene ring substituents is 1. The number of hydrogen-bond donors (Lipinski definition) is 0. The summed E-state index contributed by atoms with van der Waals surface area (Å²) in [5, 5.41) is 11.1. The van der Waals surface area contributed by atoms with Gasteiger partial charge in [0.1, 0.15) is 5.57 Å². The van der Waals surface area contributed by atoms with Gasteiger partial charge < -0.3 is 4.74 Å². The van der Waals surface area contributed by atoms with Crippen LogP contribution in [0.2, 0.25) is 0 Å². The summed E-state index contributed by atoms with van der Waals surface area (Å²) < 4.78 is 5.18. The van der Waals surface area contributed by atoms with Crippen LogP contribution in [-0.4, -0.2) is 53.3 Å². The third-order valence-corrected chi connectivity index (χ3v) is 3.43. The normalized spacial score (nSPS) is 15.0. The lowest BCUT2D eigenvalue weighted by Gasteiger charge is -2.28. The lowest BCUT2D eigenvalue weighted by Crippen LogP contribution is -2.52. The highest BCUT2D eigenvalue weighted by atomic mass is 16.6. The predicted octanol–water partition coefficient (Wildman–Crippen LogP) is 1.43. The van der Waals surface area contributed by atoms with Gasteiger partial charge in [0.15, 0.2) is 5.75 Å². The molecule has 9 heteroatoms. The highest BCUT2D eigenvalue weighted by Crippen LogP contribution is 2.29. The minimum absolute atomic E-state index is 0.0929. The first-order valence-corrected chi connectivity index (χ1v) is 7.01. The highest BCUT2D eigenvalue weighted by Gasteiger charge is 2.37. The summed E-state index contributed by atoms with van der Waals surface area (Å²) in [6, 6.07) is 3.35. The van der Waals surface area contributed by atoms with Gasteiger partial charge in [0, 0.05) is 20.2 Å². The standard InChI is InChI=1S/C15H15N3O6/c1-4-24-12-6-5-9(8-11(12)18(22)23)7-10-13(19)16(2)15(21)17(3)14(10)20/h5-8H,4H2,1-3H3. The molecule has 1 aromatic carbocycles. The molecule has 4 amide bonds. The molecule has 0 bridgehead atoms. The van der Waals surface area contributed by atoms with Crippen molar-refractivity contribution in [3.63, 3.8) is 0 Å². The average Bonchev–Trinajstić information content (AvgIpc) is 2.56. The Morgan fingerprint density at radius 1 is 1.17 bits per heavy atom. The molecular formula is C15H15N3O6. The number of ether oxygens (including phenoxy) is 1. The molecule has 1 aromatic rings. The van der Waals surface area contributed by atoms with E-state index in [-0.39, 0.29) is 29.2 Å². The predicted molar refractivity (Wildman–Crippen MR) is 83.2 cm³/mol. The van der Waals surface area contributed by atoms with Gasteiger partial charge in [0.2, 0.25) is 0 Å². The van der Waals surface area contributed by atoms with E-state index in [0.29, 0.717) is 0 Å². The van der Waals surface area contributed by atoms with Gasteiger partial charge >= 0.3 is 11.7 Å². The van der Waals surface area contributed by atoms with Crippen molar-refractivity contribution in [2.45, 2.75) is 6.92 Å². The number of carbonyl (C=O) groups is 3. The van der Waals surface area contributed by atoms with Crippen molar-refractivity contribution in [1.29, 1.82) is 0 Å². The molecule has 0 spiro atoms. The Morgan fingerprint density at radius 3 is 2.25 bits per heavy atom. The van der Waals surface area contributed by atoms with Crippen molar-refractivity contribution < 1.29 is 24.0 Å². The SMILES string of the molecule is CCOc1ccc(C=C2C(=O)N(C)C(=O)N(C)C2=O)cc1[N+](=O)[O-]. The van der Waals surface area contributed by atoms with Crippen molar-refractivity contribution >= 4 is 29.6 Å². The van der Waals surface area contributed by atoms with Gasteiger partial charge in [0.05, 0.1) is 11.5 Å². The number of nitrogens with zero attached hydrogens (tertiary/aromatic N) is 3. The summed E-state index contributed by atoms with van der Waals surface area (Å²) in [4.78, 5) is 48.0. The van der Waals surface area contributed by atoms with Gasteiger partial charge in [-0.15, -0.1) is 0 Å². The van der Waals surface area contributed by atoms with Crippen LogP contribution in [-0.2, 0) is 9.59 Å². The Morgan fingerprint density at radius 2 is 1.75 bits per heavy atom. The van der Waals surface area contributed by atoms with Crippen LogP contribution < -0.4 is 4.74 Å². The van der Waals surface area contributed by atoms with E-state index in [1.165, 1.54) is 38.4 Å². The first kappa shape index (κ1) is 17.1. The van der Waals surface area contributed by atoms with Gasteiger partial charge in [-0.3, -0.25) is 29.5 Å². The topological polar surface area (TPSA) is 110 Å². The lowest BCUT2D eigenvalue weighted by molar-refractivity contribution is -0.385. The summed E-state index contributed by atoms with van der Waals surface area (Å²) in [7, 11) is 2.50. The number of imide groups is 2. The van der Waals surface area contributed by atoms with E-state index in [9.17, 15) is 24.5 Å². The zero-order valence-corrected chi connectivity index (χ0v) is 13.3. The molecule has 1 heterocycles. The van der Waals surface area contributed by atoms with Crippen molar-refractivity contribution in [3.05, 3.63) is 39.4 Å². The molecule has 9 nitrogen and oxygen atoms in total. The number of hydrogen-bond acceptors (Lipinski definition) is 6. The second kappa shape index (κ2) is 6.49. The fourth-order valence-electron chi connectivity index (χ4n) is 2.19. The fourth-order valence-corrected chi connectivity index (χ4v) is 2.19. The Bertz CT molecular complexity index is 744.